The van der Waals surface area contributed by atoms with Gasteiger partial charge in [0.05, 0.1) is 0 Å². The van der Waals surface area contributed by atoms with Crippen LogP contribution in [0.15, 0.2) is 91.0 Å². The normalized spacial score (nSPS) is 13.1. The SMILES string of the molecule is CCNP(CC)(Cc1ccccc1)(c1ccccc1)c1ccccc1. The van der Waals surface area contributed by atoms with Crippen molar-refractivity contribution >= 4 is 17.4 Å². The van der Waals surface area contributed by atoms with E-state index in [9.17, 15) is 0 Å². The van der Waals surface area contributed by atoms with Crippen molar-refractivity contribution < 1.29 is 0 Å². The predicted octanol–water partition coefficient (Wildman–Crippen LogP) is 4.94. The van der Waals surface area contributed by atoms with Crippen LogP contribution in [0.25, 0.3) is 0 Å². The molecule has 3 aromatic rings. The Morgan fingerprint density at radius 3 is 1.48 bits per heavy atom. The van der Waals surface area contributed by atoms with Crippen molar-refractivity contribution in [3.8, 4) is 0 Å². The second kappa shape index (κ2) is 7.52. The molecule has 0 aliphatic rings. The first-order valence-electron chi connectivity index (χ1n) is 9.16. The Balaban J connectivity index is 2.31. The summed E-state index contributed by atoms with van der Waals surface area (Å²) >= 11 is 0. The van der Waals surface area contributed by atoms with E-state index in [0.717, 1.165) is 18.9 Å². The van der Waals surface area contributed by atoms with Gasteiger partial charge in [0.15, 0.2) is 0 Å². The van der Waals surface area contributed by atoms with Gasteiger partial charge in [0.1, 0.15) is 0 Å². The van der Waals surface area contributed by atoms with E-state index in [1.165, 1.54) is 16.2 Å². The summed E-state index contributed by atoms with van der Waals surface area (Å²) in [4.78, 5) is 0. The fourth-order valence-corrected chi connectivity index (χ4v) is 9.98. The van der Waals surface area contributed by atoms with Crippen molar-refractivity contribution in [3.05, 3.63) is 96.6 Å². The van der Waals surface area contributed by atoms with Crippen LogP contribution in [0.2, 0.25) is 0 Å². The average molecular weight is 349 g/mol. The quantitative estimate of drug-likeness (QED) is 0.596. The minimum atomic E-state index is -2.57. The molecule has 25 heavy (non-hydrogen) atoms. The summed E-state index contributed by atoms with van der Waals surface area (Å²) in [7, 11) is 0. The Kier molecular flexibility index (Phi) is 5.37. The first kappa shape index (κ1) is 17.9. The standard InChI is InChI=1S/C23H28NP/c1-3-24-25(4-2,22-16-10-6-11-17-22,23-18-12-7-13-19-23)20-21-14-8-5-9-15-21/h5-19,24H,3-4,20H2,1-2H3. The van der Waals surface area contributed by atoms with Crippen LogP contribution in [-0.2, 0) is 6.16 Å². The number of hydrogen-bond donors (Lipinski definition) is 1. The summed E-state index contributed by atoms with van der Waals surface area (Å²) in [5.41, 5.74) is 1.40. The van der Waals surface area contributed by atoms with E-state index in [1.807, 2.05) is 0 Å². The molecule has 0 unspecified atom stereocenters. The van der Waals surface area contributed by atoms with Gasteiger partial charge in [-0.2, -0.15) is 0 Å². The molecule has 0 amide bonds. The van der Waals surface area contributed by atoms with E-state index in [1.54, 1.807) is 0 Å². The maximum atomic E-state index is 4.07. The fraction of sp³-hybridized carbons (Fsp3) is 0.217. The molecule has 0 radical (unpaired) electrons. The Labute approximate surface area is 152 Å². The van der Waals surface area contributed by atoms with Gasteiger partial charge >= 0.3 is 152 Å². The van der Waals surface area contributed by atoms with Crippen LogP contribution in [0.1, 0.15) is 19.4 Å². The van der Waals surface area contributed by atoms with Crippen molar-refractivity contribution in [2.24, 2.45) is 0 Å². The van der Waals surface area contributed by atoms with Crippen molar-refractivity contribution in [3.63, 3.8) is 0 Å². The van der Waals surface area contributed by atoms with Crippen molar-refractivity contribution in [2.75, 3.05) is 12.7 Å². The molecule has 3 aromatic carbocycles. The first-order valence-corrected chi connectivity index (χ1v) is 11.8. The summed E-state index contributed by atoms with van der Waals surface area (Å²) in [5, 5.41) is 6.97. The molecule has 0 aliphatic heterocycles. The molecule has 0 aromatic heterocycles. The zero-order chi connectivity index (χ0) is 17.6. The van der Waals surface area contributed by atoms with Gasteiger partial charge in [0.25, 0.3) is 0 Å². The zero-order valence-corrected chi connectivity index (χ0v) is 16.1. The number of nitrogens with one attached hydrogen (secondary N) is 1. The summed E-state index contributed by atoms with van der Waals surface area (Å²) in [6.07, 6.45) is 2.15. The average Bonchev–Trinajstić information content (AvgIpc) is 2.70. The van der Waals surface area contributed by atoms with Gasteiger partial charge in [-0.15, -0.1) is 0 Å². The molecular formula is C23H28NP. The van der Waals surface area contributed by atoms with Gasteiger partial charge in [-0.05, 0) is 0 Å². The van der Waals surface area contributed by atoms with Crippen molar-refractivity contribution in [1.29, 1.82) is 0 Å². The molecular weight excluding hydrogens is 321 g/mol. The van der Waals surface area contributed by atoms with Crippen LogP contribution >= 0.6 is 6.75 Å². The third kappa shape index (κ3) is 3.15. The summed E-state index contributed by atoms with van der Waals surface area (Å²) in [6, 6.07) is 33.2. The molecule has 0 saturated carbocycles. The van der Waals surface area contributed by atoms with E-state index < -0.39 is 6.75 Å². The molecule has 3 rings (SSSR count). The van der Waals surface area contributed by atoms with Crippen LogP contribution in [0, 0.1) is 0 Å². The van der Waals surface area contributed by atoms with Crippen LogP contribution in [-0.4, -0.2) is 12.7 Å². The first-order chi connectivity index (χ1) is 12.2. The molecule has 1 nitrogen and oxygen atoms in total. The monoisotopic (exact) mass is 349 g/mol. The topological polar surface area (TPSA) is 12.0 Å². The molecule has 0 saturated heterocycles. The van der Waals surface area contributed by atoms with Crippen molar-refractivity contribution in [1.82, 2.24) is 5.09 Å². The zero-order valence-electron chi connectivity index (χ0n) is 15.2. The second-order valence-electron chi connectivity index (χ2n) is 6.65. The molecule has 0 spiro atoms. The Morgan fingerprint density at radius 2 is 1.08 bits per heavy atom. The molecule has 0 bridgehead atoms. The van der Waals surface area contributed by atoms with Crippen LogP contribution in [0.5, 0.6) is 0 Å². The maximum absolute atomic E-state index is 4.07. The fourth-order valence-electron chi connectivity index (χ4n) is 4.10. The van der Waals surface area contributed by atoms with Gasteiger partial charge in [-0.1, -0.05) is 0 Å². The summed E-state index contributed by atoms with van der Waals surface area (Å²) in [5.74, 6) is 0. The van der Waals surface area contributed by atoms with Crippen LogP contribution in [0.4, 0.5) is 0 Å². The molecule has 0 aliphatic carbocycles. The molecule has 0 heterocycles. The third-order valence-electron chi connectivity index (χ3n) is 5.37. The number of benzene rings is 3. The van der Waals surface area contributed by atoms with E-state index in [-0.39, 0.29) is 0 Å². The van der Waals surface area contributed by atoms with E-state index in [0.29, 0.717) is 0 Å². The van der Waals surface area contributed by atoms with Crippen molar-refractivity contribution in [2.45, 2.75) is 20.0 Å². The Morgan fingerprint density at radius 1 is 0.640 bits per heavy atom. The van der Waals surface area contributed by atoms with E-state index in [4.69, 9.17) is 0 Å². The molecule has 1 N–H and O–H groups in total. The number of hydrogen-bond acceptors (Lipinski definition) is 1. The van der Waals surface area contributed by atoms with E-state index >= 15 is 0 Å². The summed E-state index contributed by atoms with van der Waals surface area (Å²) in [6.45, 7) is 2.97. The van der Waals surface area contributed by atoms with Gasteiger partial charge in [0.2, 0.25) is 0 Å². The van der Waals surface area contributed by atoms with Gasteiger partial charge in [0, 0.05) is 0 Å². The van der Waals surface area contributed by atoms with E-state index in [2.05, 4.69) is 110 Å². The molecule has 130 valence electrons. The Hall–Kier alpha value is -1.95. The van der Waals surface area contributed by atoms with Crippen LogP contribution < -0.4 is 15.7 Å². The van der Waals surface area contributed by atoms with Crippen LogP contribution in [0.3, 0.4) is 0 Å². The predicted molar refractivity (Wildman–Crippen MR) is 113 cm³/mol. The number of rotatable bonds is 7. The third-order valence-corrected chi connectivity index (χ3v) is 12.0. The summed E-state index contributed by atoms with van der Waals surface area (Å²) < 4.78 is 0. The Bertz CT molecular complexity index is 745. The molecule has 2 heteroatoms. The molecule has 0 fully saturated rings. The second-order valence-corrected chi connectivity index (χ2v) is 12.0. The van der Waals surface area contributed by atoms with Gasteiger partial charge in [-0.25, -0.2) is 0 Å². The molecule has 0 atom stereocenters. The minimum absolute atomic E-state index is 0.961. The van der Waals surface area contributed by atoms with Gasteiger partial charge < -0.3 is 0 Å². The van der Waals surface area contributed by atoms with Gasteiger partial charge in [-0.3, -0.25) is 0 Å².